The van der Waals surface area contributed by atoms with Crippen molar-refractivity contribution in [3.63, 3.8) is 0 Å². The Hall–Kier alpha value is -3.32. The number of aryl methyl sites for hydroxylation is 1. The first-order valence-corrected chi connectivity index (χ1v) is 9.39. The fourth-order valence-electron chi connectivity index (χ4n) is 3.70. The molecule has 29 heavy (non-hydrogen) atoms. The predicted molar refractivity (Wildman–Crippen MR) is 107 cm³/mol. The second-order valence-electron chi connectivity index (χ2n) is 6.98. The molecule has 0 N–H and O–H groups in total. The lowest BCUT2D eigenvalue weighted by Gasteiger charge is -2.17. The minimum absolute atomic E-state index is 0.0821. The van der Waals surface area contributed by atoms with E-state index in [9.17, 15) is 4.79 Å². The van der Waals surface area contributed by atoms with Crippen LogP contribution in [0.3, 0.4) is 0 Å². The highest BCUT2D eigenvalue weighted by Gasteiger charge is 2.29. The molecular weight excluding hydrogens is 393 g/mol. The van der Waals surface area contributed by atoms with E-state index >= 15 is 4.39 Å². The van der Waals surface area contributed by atoms with E-state index < -0.39 is 5.82 Å². The lowest BCUT2D eigenvalue weighted by Crippen LogP contribution is -2.24. The quantitative estimate of drug-likeness (QED) is 0.515. The van der Waals surface area contributed by atoms with Gasteiger partial charge in [0.1, 0.15) is 5.82 Å². The summed E-state index contributed by atoms with van der Waals surface area (Å²) in [6, 6.07) is 8.41. The first-order valence-electron chi connectivity index (χ1n) is 9.01. The number of hydrogen-bond donors (Lipinski definition) is 0. The number of halogens is 2. The van der Waals surface area contributed by atoms with Gasteiger partial charge in [-0.05, 0) is 41.5 Å². The molecule has 0 aliphatic carbocycles. The van der Waals surface area contributed by atoms with Crippen LogP contribution in [-0.2, 0) is 20.1 Å². The minimum Gasteiger partial charge on any atom is -0.328 e. The molecule has 0 unspecified atom stereocenters. The summed E-state index contributed by atoms with van der Waals surface area (Å²) >= 11 is 6.45. The van der Waals surface area contributed by atoms with Gasteiger partial charge in [0, 0.05) is 41.6 Å². The van der Waals surface area contributed by atoms with Crippen LogP contribution in [0.1, 0.15) is 21.6 Å². The number of pyridine rings is 2. The number of nitrogens with zero attached hydrogens (tertiary/aromatic N) is 5. The lowest BCUT2D eigenvalue weighted by atomic mass is 10.0. The number of aromatic nitrogens is 4. The average molecular weight is 408 g/mol. The van der Waals surface area contributed by atoms with Crippen LogP contribution in [0.15, 0.2) is 48.9 Å². The standard InChI is InChI=1S/C21H15ClFN5O/c1-27-9-15-13(4-6-25-20(15)26-27)12-7-17(22)16(18(23)8-12)10-28-11-19-14(21(28)29)3-2-5-24-19/h2-9H,10-11H2,1H3. The van der Waals surface area contributed by atoms with Crippen LogP contribution < -0.4 is 0 Å². The second-order valence-corrected chi connectivity index (χ2v) is 7.38. The predicted octanol–water partition coefficient (Wildman–Crippen LogP) is 3.98. The fourth-order valence-corrected chi connectivity index (χ4v) is 3.96. The maximum Gasteiger partial charge on any atom is 0.256 e. The first-order chi connectivity index (χ1) is 14.0. The molecule has 0 saturated carbocycles. The van der Waals surface area contributed by atoms with Gasteiger partial charge in [-0.2, -0.15) is 5.10 Å². The summed E-state index contributed by atoms with van der Waals surface area (Å²) in [5.74, 6) is -0.628. The molecular formula is C21H15ClFN5O. The van der Waals surface area contributed by atoms with Crippen LogP contribution in [0.4, 0.5) is 4.39 Å². The molecule has 1 amide bonds. The molecule has 144 valence electrons. The summed E-state index contributed by atoms with van der Waals surface area (Å²) in [7, 11) is 1.81. The van der Waals surface area contributed by atoms with Crippen LogP contribution in [0.5, 0.6) is 0 Å². The molecule has 1 aliphatic rings. The third-order valence-corrected chi connectivity index (χ3v) is 5.42. The van der Waals surface area contributed by atoms with E-state index in [2.05, 4.69) is 15.1 Å². The van der Waals surface area contributed by atoms with Gasteiger partial charge >= 0.3 is 0 Å². The Labute approximate surface area is 170 Å². The SMILES string of the molecule is Cn1cc2c(-c3cc(F)c(CN4Cc5ncccc5C4=O)c(Cl)c3)ccnc2n1. The number of hydrogen-bond acceptors (Lipinski definition) is 4. The number of carbonyl (C=O) groups excluding carboxylic acids is 1. The molecule has 4 aromatic rings. The number of rotatable bonds is 3. The normalized spacial score (nSPS) is 13.3. The molecule has 1 aromatic carbocycles. The summed E-state index contributed by atoms with van der Waals surface area (Å²) in [6.07, 6.45) is 5.12. The van der Waals surface area contributed by atoms with Gasteiger partial charge in [0.2, 0.25) is 0 Å². The van der Waals surface area contributed by atoms with Crippen LogP contribution in [0, 0.1) is 5.82 Å². The largest absolute Gasteiger partial charge is 0.328 e. The van der Waals surface area contributed by atoms with Gasteiger partial charge in [-0.3, -0.25) is 14.5 Å². The number of amides is 1. The van der Waals surface area contributed by atoms with E-state index in [0.29, 0.717) is 29.0 Å². The van der Waals surface area contributed by atoms with Crippen LogP contribution in [0.25, 0.3) is 22.2 Å². The van der Waals surface area contributed by atoms with Crippen LogP contribution in [-0.4, -0.2) is 30.6 Å². The lowest BCUT2D eigenvalue weighted by molar-refractivity contribution is 0.0765. The third kappa shape index (κ3) is 2.94. The average Bonchev–Trinajstić information content (AvgIpc) is 3.23. The van der Waals surface area contributed by atoms with E-state index in [-0.39, 0.29) is 23.0 Å². The highest BCUT2D eigenvalue weighted by atomic mass is 35.5. The molecule has 3 aromatic heterocycles. The van der Waals surface area contributed by atoms with E-state index in [1.807, 2.05) is 13.2 Å². The summed E-state index contributed by atoms with van der Waals surface area (Å²) in [4.78, 5) is 22.6. The van der Waals surface area contributed by atoms with Crippen molar-refractivity contribution in [2.24, 2.45) is 7.05 Å². The highest BCUT2D eigenvalue weighted by molar-refractivity contribution is 6.31. The van der Waals surface area contributed by atoms with E-state index in [4.69, 9.17) is 11.6 Å². The minimum atomic E-state index is -0.460. The van der Waals surface area contributed by atoms with E-state index in [0.717, 1.165) is 10.9 Å². The molecule has 0 bridgehead atoms. The van der Waals surface area contributed by atoms with Gasteiger partial charge in [0.05, 0.1) is 24.3 Å². The monoisotopic (exact) mass is 407 g/mol. The molecule has 5 rings (SSSR count). The molecule has 0 saturated heterocycles. The molecule has 4 heterocycles. The first kappa shape index (κ1) is 17.8. The fraction of sp³-hybridized carbons (Fsp3) is 0.143. The highest BCUT2D eigenvalue weighted by Crippen LogP contribution is 2.33. The van der Waals surface area contributed by atoms with Crippen molar-refractivity contribution in [3.05, 3.63) is 76.6 Å². The molecule has 0 atom stereocenters. The number of benzene rings is 1. The van der Waals surface area contributed by atoms with Crippen molar-refractivity contribution < 1.29 is 9.18 Å². The van der Waals surface area contributed by atoms with E-state index in [1.54, 1.807) is 46.2 Å². The molecule has 0 spiro atoms. The van der Waals surface area contributed by atoms with Crippen molar-refractivity contribution in [3.8, 4) is 11.1 Å². The number of fused-ring (bicyclic) bond motifs is 2. The molecule has 0 fully saturated rings. The van der Waals surface area contributed by atoms with Crippen molar-refractivity contribution in [1.82, 2.24) is 24.6 Å². The van der Waals surface area contributed by atoms with Crippen molar-refractivity contribution in [2.75, 3.05) is 0 Å². The van der Waals surface area contributed by atoms with E-state index in [1.165, 1.54) is 6.07 Å². The van der Waals surface area contributed by atoms with Gasteiger partial charge in [-0.1, -0.05) is 11.6 Å². The third-order valence-electron chi connectivity index (χ3n) is 5.09. The van der Waals surface area contributed by atoms with Gasteiger partial charge in [-0.25, -0.2) is 9.37 Å². The molecule has 8 heteroatoms. The Bertz CT molecular complexity index is 1260. The van der Waals surface area contributed by atoms with Gasteiger partial charge in [0.25, 0.3) is 5.91 Å². The maximum atomic E-state index is 15.0. The molecule has 0 radical (unpaired) electrons. The summed E-state index contributed by atoms with van der Waals surface area (Å²) in [5.41, 5.74) is 3.54. The Morgan fingerprint density at radius 3 is 2.83 bits per heavy atom. The summed E-state index contributed by atoms with van der Waals surface area (Å²) < 4.78 is 16.7. The van der Waals surface area contributed by atoms with Gasteiger partial charge in [-0.15, -0.1) is 0 Å². The molecule has 6 nitrogen and oxygen atoms in total. The Balaban J connectivity index is 1.50. The Kier molecular flexibility index (Phi) is 4.06. The second kappa shape index (κ2) is 6.63. The Morgan fingerprint density at radius 1 is 1.17 bits per heavy atom. The van der Waals surface area contributed by atoms with Crippen LogP contribution in [0.2, 0.25) is 5.02 Å². The van der Waals surface area contributed by atoms with Gasteiger partial charge < -0.3 is 4.90 Å². The van der Waals surface area contributed by atoms with Crippen molar-refractivity contribution in [2.45, 2.75) is 13.1 Å². The summed E-state index contributed by atoms with van der Waals surface area (Å²) in [6.45, 7) is 0.423. The topological polar surface area (TPSA) is 63.9 Å². The zero-order chi connectivity index (χ0) is 20.1. The van der Waals surface area contributed by atoms with Crippen molar-refractivity contribution >= 4 is 28.5 Å². The zero-order valence-electron chi connectivity index (χ0n) is 15.4. The summed E-state index contributed by atoms with van der Waals surface area (Å²) in [5, 5.41) is 5.37. The number of carbonyl (C=O) groups is 1. The van der Waals surface area contributed by atoms with Gasteiger partial charge in [0.15, 0.2) is 5.65 Å². The smallest absolute Gasteiger partial charge is 0.256 e. The maximum absolute atomic E-state index is 15.0. The van der Waals surface area contributed by atoms with Crippen molar-refractivity contribution in [1.29, 1.82) is 0 Å². The zero-order valence-corrected chi connectivity index (χ0v) is 16.2. The molecule has 1 aliphatic heterocycles. The Morgan fingerprint density at radius 2 is 2.03 bits per heavy atom. The van der Waals surface area contributed by atoms with Crippen LogP contribution >= 0.6 is 11.6 Å².